The molecule has 2 aromatic rings. The van der Waals surface area contributed by atoms with Gasteiger partial charge in [-0.3, -0.25) is 0 Å². The molecule has 0 saturated carbocycles. The molecule has 0 aliphatic rings. The first kappa shape index (κ1) is 35.3. The van der Waals surface area contributed by atoms with Gasteiger partial charge in [0.25, 0.3) is 0 Å². The third kappa shape index (κ3) is 15.3. The van der Waals surface area contributed by atoms with Crippen LogP contribution in [0.1, 0.15) is 152 Å². The molecule has 42 heavy (non-hydrogen) atoms. The van der Waals surface area contributed by atoms with Crippen molar-refractivity contribution in [3.63, 3.8) is 0 Å². The van der Waals surface area contributed by atoms with Gasteiger partial charge in [-0.05, 0) is 73.8 Å². The molecule has 228 valence electrons. The molecule has 0 saturated heterocycles. The molecule has 0 bridgehead atoms. The van der Waals surface area contributed by atoms with Crippen molar-refractivity contribution in [1.29, 1.82) is 0 Å². The summed E-state index contributed by atoms with van der Waals surface area (Å²) in [4.78, 5) is 3.26. The van der Waals surface area contributed by atoms with E-state index in [1.807, 2.05) is 0 Å². The number of aryl methyl sites for hydroxylation is 2. The summed E-state index contributed by atoms with van der Waals surface area (Å²) in [5, 5.41) is 0. The molecule has 0 spiro atoms. The number of benzene rings is 2. The summed E-state index contributed by atoms with van der Waals surface area (Å²) in [5.41, 5.74) is 16.4. The molecular weight excluding hydrogens is 508 g/mol. The quantitative estimate of drug-likeness (QED) is 0.0320. The Hall–Kier alpha value is -2.92. The second-order valence-corrected chi connectivity index (χ2v) is 12.0. The Kier molecular flexibility index (Phi) is 19.8. The Bertz CT molecular complexity index is 1140. The first-order valence-corrected chi connectivity index (χ1v) is 17.2. The SMILES string of the molecule is CCCCCCCCCCCCCCCC=CCCc1ccccc1C(=CC(=C=[N+]=[N-])CCCC)c1cccc(C)c1. The zero-order chi connectivity index (χ0) is 30.1. The van der Waals surface area contributed by atoms with E-state index >= 15 is 0 Å². The molecule has 0 radical (unpaired) electrons. The van der Waals surface area contributed by atoms with Crippen molar-refractivity contribution in [2.24, 2.45) is 0 Å². The Morgan fingerprint density at radius 2 is 1.33 bits per heavy atom. The molecule has 0 unspecified atom stereocenters. The average molecular weight is 567 g/mol. The fourth-order valence-corrected chi connectivity index (χ4v) is 5.65. The topological polar surface area (TPSA) is 36.4 Å². The van der Waals surface area contributed by atoms with Crippen LogP contribution in [0, 0.1) is 6.92 Å². The molecule has 2 aromatic carbocycles. The largest absolute Gasteiger partial charge is 0.348 e. The number of nitrogens with zero attached hydrogens (tertiary/aromatic N) is 2. The molecule has 0 aromatic heterocycles. The number of hydrogen-bond acceptors (Lipinski definition) is 0. The lowest BCUT2D eigenvalue weighted by molar-refractivity contribution is 0.00746. The van der Waals surface area contributed by atoms with E-state index in [1.54, 1.807) is 0 Å². The van der Waals surface area contributed by atoms with E-state index in [4.69, 9.17) is 0 Å². The third-order valence-corrected chi connectivity index (χ3v) is 8.17. The molecule has 0 amide bonds. The van der Waals surface area contributed by atoms with E-state index < -0.39 is 0 Å². The Labute approximate surface area is 258 Å². The van der Waals surface area contributed by atoms with E-state index in [-0.39, 0.29) is 0 Å². The summed E-state index contributed by atoms with van der Waals surface area (Å²) in [6.07, 6.45) is 31.5. The molecular formula is C40H58N2. The van der Waals surface area contributed by atoms with Crippen LogP contribution in [-0.4, -0.2) is 10.7 Å². The normalized spacial score (nSPS) is 11.5. The lowest BCUT2D eigenvalue weighted by Crippen LogP contribution is -1.97. The predicted molar refractivity (Wildman–Crippen MR) is 184 cm³/mol. The van der Waals surface area contributed by atoms with Gasteiger partial charge in [-0.2, -0.15) is 0 Å². The standard InChI is InChI=1S/C40H58N2/c1-4-6-8-9-10-11-12-13-14-15-16-17-18-19-20-21-22-28-37-29-23-24-31-39(37)40(38-30-25-26-35(3)32-38)33-36(34-42-41)27-7-5-2/h20-21,23-26,29-33H,4-19,22,27-28H2,1-3H3. The highest BCUT2D eigenvalue weighted by Crippen LogP contribution is 2.30. The molecule has 0 N–H and O–H groups in total. The van der Waals surface area contributed by atoms with Gasteiger partial charge in [0.1, 0.15) is 0 Å². The number of allylic oxidation sites excluding steroid dienone is 4. The van der Waals surface area contributed by atoms with Crippen molar-refractivity contribution in [3.8, 4) is 0 Å². The summed E-state index contributed by atoms with van der Waals surface area (Å²) in [7, 11) is 0. The van der Waals surface area contributed by atoms with Crippen LogP contribution in [0.5, 0.6) is 0 Å². The van der Waals surface area contributed by atoms with Gasteiger partial charge < -0.3 is 5.53 Å². The van der Waals surface area contributed by atoms with Crippen LogP contribution in [0.2, 0.25) is 0 Å². The van der Waals surface area contributed by atoms with Crippen molar-refractivity contribution in [2.45, 2.75) is 143 Å². The summed E-state index contributed by atoms with van der Waals surface area (Å²) < 4.78 is 0. The highest BCUT2D eigenvalue weighted by molar-refractivity contribution is 5.85. The van der Waals surface area contributed by atoms with Crippen LogP contribution in [0.3, 0.4) is 0 Å². The monoisotopic (exact) mass is 566 g/mol. The van der Waals surface area contributed by atoms with Crippen LogP contribution in [0.25, 0.3) is 11.1 Å². The molecule has 0 aliphatic carbocycles. The van der Waals surface area contributed by atoms with E-state index in [0.29, 0.717) is 0 Å². The van der Waals surface area contributed by atoms with Gasteiger partial charge in [0.2, 0.25) is 0 Å². The van der Waals surface area contributed by atoms with Gasteiger partial charge in [0.15, 0.2) is 0 Å². The Morgan fingerprint density at radius 3 is 1.98 bits per heavy atom. The molecule has 0 atom stereocenters. The summed E-state index contributed by atoms with van der Waals surface area (Å²) in [5.74, 6) is 2.83. The summed E-state index contributed by atoms with van der Waals surface area (Å²) in [6.45, 7) is 6.61. The number of unbranched alkanes of at least 4 members (excludes halogenated alkanes) is 14. The number of rotatable bonds is 23. The second-order valence-electron chi connectivity index (χ2n) is 12.0. The lowest BCUT2D eigenvalue weighted by atomic mass is 9.89. The number of hydrogen-bond donors (Lipinski definition) is 0. The highest BCUT2D eigenvalue weighted by Gasteiger charge is 2.12. The van der Waals surface area contributed by atoms with Gasteiger partial charge in [0.05, 0.1) is 5.57 Å². The minimum absolute atomic E-state index is 0.847. The van der Waals surface area contributed by atoms with Crippen LogP contribution in [-0.2, 0) is 6.42 Å². The molecule has 0 fully saturated rings. The molecule has 2 heteroatoms. The fraction of sp³-hybridized carbons (Fsp3) is 0.550. The van der Waals surface area contributed by atoms with Gasteiger partial charge in [-0.15, -0.1) is 4.79 Å². The van der Waals surface area contributed by atoms with Gasteiger partial charge >= 0.3 is 5.87 Å². The third-order valence-electron chi connectivity index (χ3n) is 8.17. The Balaban J connectivity index is 1.84. The second kappa shape index (κ2) is 23.6. The lowest BCUT2D eigenvalue weighted by Gasteiger charge is -2.14. The first-order chi connectivity index (χ1) is 20.7. The molecule has 0 heterocycles. The van der Waals surface area contributed by atoms with Gasteiger partial charge in [-0.25, -0.2) is 0 Å². The maximum Gasteiger partial charge on any atom is 0.303 e. The smallest absolute Gasteiger partial charge is 0.303 e. The van der Waals surface area contributed by atoms with Crippen molar-refractivity contribution in [2.75, 3.05) is 0 Å². The predicted octanol–water partition coefficient (Wildman–Crippen LogP) is 12.4. The van der Waals surface area contributed by atoms with E-state index in [2.05, 4.69) is 98.2 Å². The van der Waals surface area contributed by atoms with Crippen molar-refractivity contribution in [3.05, 3.63) is 100 Å². The average Bonchev–Trinajstić information content (AvgIpc) is 3.00. The van der Waals surface area contributed by atoms with E-state index in [9.17, 15) is 5.53 Å². The molecule has 0 aliphatic heterocycles. The Morgan fingerprint density at radius 1 is 0.714 bits per heavy atom. The minimum Gasteiger partial charge on any atom is -0.348 e. The van der Waals surface area contributed by atoms with E-state index in [0.717, 1.165) is 37.7 Å². The summed E-state index contributed by atoms with van der Waals surface area (Å²) >= 11 is 0. The van der Waals surface area contributed by atoms with E-state index in [1.165, 1.54) is 118 Å². The van der Waals surface area contributed by atoms with Crippen LogP contribution in [0.15, 0.2) is 72.3 Å². The zero-order valence-corrected chi connectivity index (χ0v) is 27.2. The van der Waals surface area contributed by atoms with Crippen molar-refractivity contribution < 1.29 is 4.79 Å². The molecule has 2 rings (SSSR count). The minimum atomic E-state index is 0.847. The fourth-order valence-electron chi connectivity index (χ4n) is 5.65. The highest BCUT2D eigenvalue weighted by atomic mass is 14.8. The molecule has 2 nitrogen and oxygen atoms in total. The maximum absolute atomic E-state index is 9.26. The maximum atomic E-state index is 9.26. The van der Waals surface area contributed by atoms with Gasteiger partial charge in [-0.1, -0.05) is 164 Å². The van der Waals surface area contributed by atoms with Gasteiger partial charge in [0, 0.05) is 0 Å². The first-order valence-electron chi connectivity index (χ1n) is 17.2. The van der Waals surface area contributed by atoms with Crippen molar-refractivity contribution >= 4 is 11.4 Å². The zero-order valence-electron chi connectivity index (χ0n) is 27.2. The van der Waals surface area contributed by atoms with Crippen molar-refractivity contribution in [1.82, 2.24) is 0 Å². The van der Waals surface area contributed by atoms with Crippen LogP contribution >= 0.6 is 0 Å². The van der Waals surface area contributed by atoms with Crippen LogP contribution < -0.4 is 0 Å². The van der Waals surface area contributed by atoms with Crippen LogP contribution in [0.4, 0.5) is 0 Å². The summed E-state index contributed by atoms with van der Waals surface area (Å²) in [6, 6.07) is 17.4.